The largest absolute Gasteiger partial charge is 0.324 e. The summed E-state index contributed by atoms with van der Waals surface area (Å²) in [4.78, 5) is 16.7. The molecule has 0 spiro atoms. The second kappa shape index (κ2) is 5.26. The molecule has 1 aliphatic rings. The normalized spacial score (nSPS) is 19.8. The number of fused-ring (bicyclic) bond motifs is 1. The van der Waals surface area contributed by atoms with Gasteiger partial charge in [0.2, 0.25) is 5.91 Å². The molecule has 1 fully saturated rings. The molecule has 3 aromatic rings. The standard InChI is InChI=1S/C19H16N2O/c22-19(17-11-16(17)13-6-2-1-3-7-13)21-15-10-14-8-4-5-9-18(14)20-12-15/h1-10,12,16-17H,11H2,(H,21,22). The van der Waals surface area contributed by atoms with E-state index in [4.69, 9.17) is 0 Å². The molecule has 3 heteroatoms. The van der Waals surface area contributed by atoms with Crippen LogP contribution in [0.15, 0.2) is 66.9 Å². The maximum Gasteiger partial charge on any atom is 0.228 e. The molecule has 1 aliphatic carbocycles. The van der Waals surface area contributed by atoms with E-state index < -0.39 is 0 Å². The number of hydrogen-bond donors (Lipinski definition) is 1. The van der Waals surface area contributed by atoms with Crippen LogP contribution in [-0.4, -0.2) is 10.9 Å². The molecule has 0 radical (unpaired) electrons. The summed E-state index contributed by atoms with van der Waals surface area (Å²) in [5.41, 5.74) is 2.95. The predicted octanol–water partition coefficient (Wildman–Crippen LogP) is 3.98. The van der Waals surface area contributed by atoms with Crippen LogP contribution in [0, 0.1) is 5.92 Å². The number of hydrogen-bond acceptors (Lipinski definition) is 2. The Balaban J connectivity index is 1.48. The number of amides is 1. The fourth-order valence-corrected chi connectivity index (χ4v) is 2.93. The molecule has 2 unspecified atom stereocenters. The number of para-hydroxylation sites is 1. The third-order valence-electron chi connectivity index (χ3n) is 4.21. The highest BCUT2D eigenvalue weighted by molar-refractivity contribution is 5.96. The van der Waals surface area contributed by atoms with E-state index in [9.17, 15) is 4.79 Å². The fraction of sp³-hybridized carbons (Fsp3) is 0.158. The summed E-state index contributed by atoms with van der Waals surface area (Å²) in [6, 6.07) is 20.1. The monoisotopic (exact) mass is 288 g/mol. The van der Waals surface area contributed by atoms with Gasteiger partial charge >= 0.3 is 0 Å². The maximum atomic E-state index is 12.4. The Morgan fingerprint density at radius 1 is 1.05 bits per heavy atom. The average Bonchev–Trinajstić information content (AvgIpc) is 3.36. The van der Waals surface area contributed by atoms with Crippen LogP contribution in [0.2, 0.25) is 0 Å². The number of nitrogens with zero attached hydrogens (tertiary/aromatic N) is 1. The van der Waals surface area contributed by atoms with Gasteiger partial charge in [0, 0.05) is 11.3 Å². The average molecular weight is 288 g/mol. The van der Waals surface area contributed by atoms with Gasteiger partial charge in [0.1, 0.15) is 0 Å². The molecule has 0 bridgehead atoms. The lowest BCUT2D eigenvalue weighted by Gasteiger charge is -2.06. The summed E-state index contributed by atoms with van der Waals surface area (Å²) in [7, 11) is 0. The Kier molecular flexibility index (Phi) is 3.11. The Morgan fingerprint density at radius 3 is 2.68 bits per heavy atom. The van der Waals surface area contributed by atoms with Gasteiger partial charge in [0.25, 0.3) is 0 Å². The first-order valence-corrected chi connectivity index (χ1v) is 7.52. The lowest BCUT2D eigenvalue weighted by Crippen LogP contribution is -2.14. The molecule has 0 saturated heterocycles. The molecule has 4 rings (SSSR count). The van der Waals surface area contributed by atoms with Gasteiger partial charge in [0.15, 0.2) is 0 Å². The van der Waals surface area contributed by atoms with Gasteiger partial charge in [-0.05, 0) is 30.0 Å². The Morgan fingerprint density at radius 2 is 1.82 bits per heavy atom. The molecule has 0 aliphatic heterocycles. The van der Waals surface area contributed by atoms with Gasteiger partial charge in [-0.15, -0.1) is 0 Å². The third kappa shape index (κ3) is 2.46. The van der Waals surface area contributed by atoms with E-state index >= 15 is 0 Å². The van der Waals surface area contributed by atoms with Gasteiger partial charge < -0.3 is 5.32 Å². The molecule has 2 aromatic carbocycles. The lowest BCUT2D eigenvalue weighted by atomic mass is 10.1. The van der Waals surface area contributed by atoms with Gasteiger partial charge in [-0.2, -0.15) is 0 Å². The van der Waals surface area contributed by atoms with Crippen LogP contribution in [0.1, 0.15) is 17.9 Å². The van der Waals surface area contributed by atoms with Gasteiger partial charge in [-0.25, -0.2) is 0 Å². The minimum absolute atomic E-state index is 0.0777. The second-order valence-corrected chi connectivity index (χ2v) is 5.77. The number of carbonyl (C=O) groups is 1. The molecule has 22 heavy (non-hydrogen) atoms. The van der Waals surface area contributed by atoms with E-state index in [1.807, 2.05) is 48.5 Å². The maximum absolute atomic E-state index is 12.4. The Hall–Kier alpha value is -2.68. The minimum atomic E-state index is 0.0777. The smallest absolute Gasteiger partial charge is 0.228 e. The summed E-state index contributed by atoms with van der Waals surface area (Å²) in [6.45, 7) is 0. The number of nitrogens with one attached hydrogen (secondary N) is 1. The number of carbonyl (C=O) groups excluding carboxylic acids is 1. The highest BCUT2D eigenvalue weighted by Gasteiger charge is 2.43. The SMILES string of the molecule is O=C(Nc1cnc2ccccc2c1)C1CC1c1ccccc1. The van der Waals surface area contributed by atoms with Crippen LogP contribution >= 0.6 is 0 Å². The van der Waals surface area contributed by atoms with E-state index in [0.29, 0.717) is 5.92 Å². The number of anilines is 1. The molecule has 3 nitrogen and oxygen atoms in total. The number of rotatable bonds is 3. The summed E-state index contributed by atoms with van der Waals surface area (Å²) in [5, 5.41) is 4.03. The first-order chi connectivity index (χ1) is 10.8. The molecular weight excluding hydrogens is 272 g/mol. The van der Waals surface area contributed by atoms with Crippen molar-refractivity contribution < 1.29 is 4.79 Å². The molecule has 2 atom stereocenters. The zero-order valence-electron chi connectivity index (χ0n) is 12.1. The molecule has 1 saturated carbocycles. The van der Waals surface area contributed by atoms with Crippen molar-refractivity contribution in [2.24, 2.45) is 5.92 Å². The molecule has 1 aromatic heterocycles. The van der Waals surface area contributed by atoms with Crippen LogP contribution in [0.3, 0.4) is 0 Å². The minimum Gasteiger partial charge on any atom is -0.324 e. The van der Waals surface area contributed by atoms with E-state index in [1.54, 1.807) is 6.20 Å². The summed E-state index contributed by atoms with van der Waals surface area (Å²) in [5.74, 6) is 0.523. The topological polar surface area (TPSA) is 42.0 Å². The van der Waals surface area contributed by atoms with Crippen molar-refractivity contribution in [3.63, 3.8) is 0 Å². The Bertz CT molecular complexity index is 829. The lowest BCUT2D eigenvalue weighted by molar-refractivity contribution is -0.117. The predicted molar refractivity (Wildman–Crippen MR) is 87.7 cm³/mol. The second-order valence-electron chi connectivity index (χ2n) is 5.77. The van der Waals surface area contributed by atoms with Crippen LogP contribution < -0.4 is 5.32 Å². The number of benzene rings is 2. The Labute approximate surface area is 129 Å². The van der Waals surface area contributed by atoms with Crippen molar-refractivity contribution in [1.82, 2.24) is 4.98 Å². The fourth-order valence-electron chi connectivity index (χ4n) is 2.93. The number of aromatic nitrogens is 1. The first-order valence-electron chi connectivity index (χ1n) is 7.52. The van der Waals surface area contributed by atoms with Crippen molar-refractivity contribution in [2.75, 3.05) is 5.32 Å². The molecular formula is C19H16N2O. The molecule has 1 amide bonds. The van der Waals surface area contributed by atoms with Crippen molar-refractivity contribution in [3.8, 4) is 0 Å². The zero-order chi connectivity index (χ0) is 14.9. The van der Waals surface area contributed by atoms with Crippen LogP contribution in [0.25, 0.3) is 10.9 Å². The highest BCUT2D eigenvalue weighted by atomic mass is 16.2. The van der Waals surface area contributed by atoms with Crippen molar-refractivity contribution in [1.29, 1.82) is 0 Å². The first kappa shape index (κ1) is 13.0. The van der Waals surface area contributed by atoms with Crippen molar-refractivity contribution in [3.05, 3.63) is 72.4 Å². The van der Waals surface area contributed by atoms with E-state index in [0.717, 1.165) is 23.0 Å². The summed E-state index contributed by atoms with van der Waals surface area (Å²) >= 11 is 0. The molecule has 1 heterocycles. The van der Waals surface area contributed by atoms with Gasteiger partial charge in [-0.1, -0.05) is 48.5 Å². The quantitative estimate of drug-likeness (QED) is 0.792. The molecule has 1 N–H and O–H groups in total. The number of pyridine rings is 1. The van der Waals surface area contributed by atoms with E-state index in [1.165, 1.54) is 5.56 Å². The van der Waals surface area contributed by atoms with Crippen molar-refractivity contribution in [2.45, 2.75) is 12.3 Å². The summed E-state index contributed by atoms with van der Waals surface area (Å²) in [6.07, 6.45) is 2.65. The van der Waals surface area contributed by atoms with Crippen LogP contribution in [-0.2, 0) is 4.79 Å². The van der Waals surface area contributed by atoms with Crippen LogP contribution in [0.5, 0.6) is 0 Å². The van der Waals surface area contributed by atoms with Gasteiger partial charge in [-0.3, -0.25) is 9.78 Å². The zero-order valence-corrected chi connectivity index (χ0v) is 12.1. The van der Waals surface area contributed by atoms with Crippen LogP contribution in [0.4, 0.5) is 5.69 Å². The summed E-state index contributed by atoms with van der Waals surface area (Å²) < 4.78 is 0. The third-order valence-corrected chi connectivity index (χ3v) is 4.21. The van der Waals surface area contributed by atoms with Crippen molar-refractivity contribution >= 4 is 22.5 Å². The van der Waals surface area contributed by atoms with Gasteiger partial charge in [0.05, 0.1) is 17.4 Å². The highest BCUT2D eigenvalue weighted by Crippen LogP contribution is 2.47. The van der Waals surface area contributed by atoms with E-state index in [2.05, 4.69) is 22.4 Å². The molecule has 108 valence electrons. The van der Waals surface area contributed by atoms with E-state index in [-0.39, 0.29) is 11.8 Å².